The van der Waals surface area contributed by atoms with Crippen LogP contribution in [0.4, 0.5) is 14.5 Å². The number of halogens is 2. The quantitative estimate of drug-likeness (QED) is 0.602. The van der Waals surface area contributed by atoms with Crippen LogP contribution in [0.25, 0.3) is 11.4 Å². The van der Waals surface area contributed by atoms with Crippen molar-refractivity contribution in [1.29, 1.82) is 0 Å². The minimum absolute atomic E-state index is 0.146. The largest absolute Gasteiger partial charge is 0.339 e. The van der Waals surface area contributed by atoms with Gasteiger partial charge in [-0.15, -0.1) is 0 Å². The number of aryl methyl sites for hydroxylation is 2. The predicted molar refractivity (Wildman–Crippen MR) is 116 cm³/mol. The van der Waals surface area contributed by atoms with Crippen molar-refractivity contribution in [3.05, 3.63) is 59.5 Å². The van der Waals surface area contributed by atoms with Crippen LogP contribution in [0, 0.1) is 31.4 Å². The molecule has 33 heavy (non-hydrogen) atoms. The lowest BCUT2D eigenvalue weighted by atomic mass is 9.97. The zero-order valence-corrected chi connectivity index (χ0v) is 18.8. The molecule has 0 saturated carbocycles. The molecule has 2 aromatic carbocycles. The Morgan fingerprint density at radius 3 is 2.45 bits per heavy atom. The Balaban J connectivity index is 1.45. The highest BCUT2D eigenvalue weighted by molar-refractivity contribution is 7.89. The lowest BCUT2D eigenvalue weighted by Gasteiger charge is -2.31. The molecule has 0 aliphatic carbocycles. The molecular formula is C22H22F2N4O4S. The molecule has 174 valence electrons. The van der Waals surface area contributed by atoms with E-state index in [0.717, 1.165) is 12.1 Å². The number of piperidine rings is 1. The van der Waals surface area contributed by atoms with Gasteiger partial charge < -0.3 is 9.84 Å². The topological polar surface area (TPSA) is 105 Å². The zero-order chi connectivity index (χ0) is 23.8. The van der Waals surface area contributed by atoms with Crippen LogP contribution in [-0.4, -0.2) is 41.9 Å². The molecule has 11 heteroatoms. The van der Waals surface area contributed by atoms with Crippen LogP contribution in [0.5, 0.6) is 0 Å². The Bertz CT molecular complexity index is 1300. The number of benzene rings is 2. The maximum Gasteiger partial charge on any atom is 0.243 e. The van der Waals surface area contributed by atoms with E-state index < -0.39 is 27.6 Å². The summed E-state index contributed by atoms with van der Waals surface area (Å²) in [6.07, 6.45) is 0.606. The molecule has 1 saturated heterocycles. The molecule has 8 nitrogen and oxygen atoms in total. The summed E-state index contributed by atoms with van der Waals surface area (Å²) < 4.78 is 59.4. The van der Waals surface area contributed by atoms with Crippen molar-refractivity contribution >= 4 is 21.6 Å². The number of hydrogen-bond acceptors (Lipinski definition) is 6. The molecule has 2 heterocycles. The van der Waals surface area contributed by atoms with Crippen LogP contribution >= 0.6 is 0 Å². The fourth-order valence-electron chi connectivity index (χ4n) is 3.75. The van der Waals surface area contributed by atoms with Crippen molar-refractivity contribution in [2.75, 3.05) is 18.4 Å². The maximum absolute atomic E-state index is 13.4. The highest BCUT2D eigenvalue weighted by Crippen LogP contribution is 2.29. The van der Waals surface area contributed by atoms with Gasteiger partial charge in [-0.25, -0.2) is 17.2 Å². The van der Waals surface area contributed by atoms with E-state index in [-0.39, 0.29) is 29.6 Å². The lowest BCUT2D eigenvalue weighted by Crippen LogP contribution is -2.41. The van der Waals surface area contributed by atoms with Crippen LogP contribution in [-0.2, 0) is 14.8 Å². The molecule has 1 aromatic heterocycles. The van der Waals surface area contributed by atoms with Crippen molar-refractivity contribution in [2.45, 2.75) is 31.6 Å². The minimum atomic E-state index is -3.81. The number of sulfonamides is 1. The number of carbonyl (C=O) groups excluding carboxylic acids is 1. The molecule has 1 amide bonds. The second-order valence-electron chi connectivity index (χ2n) is 7.91. The number of nitrogens with zero attached hydrogens (tertiary/aromatic N) is 3. The van der Waals surface area contributed by atoms with E-state index in [9.17, 15) is 22.0 Å². The number of aromatic nitrogens is 2. The number of hydrogen-bond donors (Lipinski definition) is 1. The molecule has 0 atom stereocenters. The number of carbonyl (C=O) groups is 1. The average Bonchev–Trinajstić information content (AvgIpc) is 3.23. The predicted octanol–water partition coefficient (Wildman–Crippen LogP) is 3.67. The van der Waals surface area contributed by atoms with Gasteiger partial charge in [0.25, 0.3) is 0 Å². The van der Waals surface area contributed by atoms with E-state index in [1.165, 1.54) is 16.4 Å². The lowest BCUT2D eigenvalue weighted by molar-refractivity contribution is -0.120. The van der Waals surface area contributed by atoms with Gasteiger partial charge in [0.1, 0.15) is 0 Å². The fraction of sp³-hybridized carbons (Fsp3) is 0.318. The van der Waals surface area contributed by atoms with Gasteiger partial charge in [0.05, 0.1) is 4.90 Å². The van der Waals surface area contributed by atoms with Gasteiger partial charge in [-0.1, -0.05) is 17.3 Å². The monoisotopic (exact) mass is 476 g/mol. The molecule has 1 aliphatic heterocycles. The summed E-state index contributed by atoms with van der Waals surface area (Å²) in [4.78, 5) is 16.8. The van der Waals surface area contributed by atoms with Crippen LogP contribution in [0.2, 0.25) is 0 Å². The number of anilines is 1. The summed E-state index contributed by atoms with van der Waals surface area (Å²) in [5, 5.41) is 6.41. The number of rotatable bonds is 5. The minimum Gasteiger partial charge on any atom is -0.339 e. The highest BCUT2D eigenvalue weighted by atomic mass is 32.2. The second-order valence-corrected chi connectivity index (χ2v) is 9.82. The summed E-state index contributed by atoms with van der Waals surface area (Å²) in [6.45, 7) is 3.67. The average molecular weight is 477 g/mol. The van der Waals surface area contributed by atoms with Crippen LogP contribution < -0.4 is 5.32 Å². The van der Waals surface area contributed by atoms with Crippen LogP contribution in [0.15, 0.2) is 45.8 Å². The van der Waals surface area contributed by atoms with Crippen molar-refractivity contribution < 1.29 is 26.5 Å². The Kier molecular flexibility index (Phi) is 6.26. The summed E-state index contributed by atoms with van der Waals surface area (Å²) >= 11 is 0. The van der Waals surface area contributed by atoms with Gasteiger partial charge in [0, 0.05) is 43.2 Å². The van der Waals surface area contributed by atoms with Gasteiger partial charge in [-0.3, -0.25) is 4.79 Å². The third-order valence-corrected chi connectivity index (χ3v) is 7.64. The summed E-state index contributed by atoms with van der Waals surface area (Å²) in [6, 6.07) is 8.07. The third-order valence-electron chi connectivity index (χ3n) is 5.60. The fourth-order valence-corrected chi connectivity index (χ4v) is 5.47. The number of nitrogens with one attached hydrogen (secondary N) is 1. The van der Waals surface area contributed by atoms with E-state index in [0.29, 0.717) is 35.7 Å². The molecular weight excluding hydrogens is 454 g/mol. The number of amides is 1. The smallest absolute Gasteiger partial charge is 0.243 e. The first-order chi connectivity index (χ1) is 15.6. The van der Waals surface area contributed by atoms with Crippen molar-refractivity contribution in [3.8, 4) is 11.4 Å². The Morgan fingerprint density at radius 2 is 1.82 bits per heavy atom. The van der Waals surface area contributed by atoms with E-state index in [2.05, 4.69) is 15.5 Å². The first-order valence-corrected chi connectivity index (χ1v) is 11.8. The SMILES string of the molecule is Cc1nc(-c2ccc(C)c(S(=O)(=O)N3CCC(C(=O)Nc4ccc(F)c(F)c4)CC3)c2)no1. The molecule has 1 N–H and O–H groups in total. The van der Waals surface area contributed by atoms with E-state index in [4.69, 9.17) is 4.52 Å². The zero-order valence-electron chi connectivity index (χ0n) is 18.0. The highest BCUT2D eigenvalue weighted by Gasteiger charge is 2.33. The summed E-state index contributed by atoms with van der Waals surface area (Å²) in [5.74, 6) is -2.18. The Hall–Kier alpha value is -3.18. The van der Waals surface area contributed by atoms with Crippen molar-refractivity contribution in [3.63, 3.8) is 0 Å². The second kappa shape index (κ2) is 8.99. The van der Waals surface area contributed by atoms with Gasteiger partial charge in [0.15, 0.2) is 11.6 Å². The van der Waals surface area contributed by atoms with Crippen molar-refractivity contribution in [2.24, 2.45) is 5.92 Å². The Labute approximate surface area is 189 Å². The third kappa shape index (κ3) is 4.79. The molecule has 0 radical (unpaired) electrons. The van der Waals surface area contributed by atoms with Crippen LogP contribution in [0.3, 0.4) is 0 Å². The van der Waals surface area contributed by atoms with Gasteiger partial charge in [0.2, 0.25) is 27.6 Å². The van der Waals surface area contributed by atoms with Crippen LogP contribution in [0.1, 0.15) is 24.3 Å². The van der Waals surface area contributed by atoms with E-state index >= 15 is 0 Å². The summed E-state index contributed by atoms with van der Waals surface area (Å²) in [5.41, 5.74) is 1.26. The normalized spacial score (nSPS) is 15.5. The molecule has 0 bridgehead atoms. The molecule has 4 rings (SSSR count). The first kappa shape index (κ1) is 23.0. The maximum atomic E-state index is 13.4. The van der Waals surface area contributed by atoms with Gasteiger partial charge >= 0.3 is 0 Å². The molecule has 3 aromatic rings. The first-order valence-electron chi connectivity index (χ1n) is 10.3. The van der Waals surface area contributed by atoms with E-state index in [1.807, 2.05) is 0 Å². The van der Waals surface area contributed by atoms with Gasteiger partial charge in [-0.2, -0.15) is 9.29 Å². The molecule has 0 spiro atoms. The molecule has 0 unspecified atom stereocenters. The molecule has 1 fully saturated rings. The summed E-state index contributed by atoms with van der Waals surface area (Å²) in [7, 11) is -3.81. The Morgan fingerprint density at radius 1 is 1.09 bits per heavy atom. The van der Waals surface area contributed by atoms with Crippen molar-refractivity contribution in [1.82, 2.24) is 14.4 Å². The van der Waals surface area contributed by atoms with E-state index in [1.54, 1.807) is 26.0 Å². The molecule has 1 aliphatic rings. The van der Waals surface area contributed by atoms with Gasteiger partial charge in [-0.05, 0) is 43.5 Å². The standard InChI is InChI=1S/C22H22F2N4O4S/c1-13-3-4-16(21-25-14(2)32-27-21)11-20(13)33(30,31)28-9-7-15(8-10-28)22(29)26-17-5-6-18(23)19(24)12-17/h3-6,11-12,15H,7-10H2,1-2H3,(H,26,29).